The summed E-state index contributed by atoms with van der Waals surface area (Å²) in [6, 6.07) is -0.956. The third kappa shape index (κ3) is 8.98. The molecule has 0 heterocycles. The van der Waals surface area contributed by atoms with Gasteiger partial charge in [-0.25, -0.2) is 0 Å². The molecule has 0 aliphatic heterocycles. The van der Waals surface area contributed by atoms with Gasteiger partial charge in [-0.15, -0.1) is 0 Å². The molecular formula is C13H26N2O3. The van der Waals surface area contributed by atoms with Crippen LogP contribution < -0.4 is 11.1 Å². The quantitative estimate of drug-likeness (QED) is 0.484. The minimum Gasteiger partial charge on any atom is -0.394 e. The molecule has 5 nitrogen and oxygen atoms in total. The molecule has 0 aromatic carbocycles. The van der Waals surface area contributed by atoms with Gasteiger partial charge in [-0.05, 0) is 6.42 Å². The van der Waals surface area contributed by atoms with E-state index in [1.165, 1.54) is 25.7 Å². The van der Waals surface area contributed by atoms with E-state index in [-0.39, 0.29) is 5.91 Å². The molecular weight excluding hydrogens is 232 g/mol. The number of nitrogens with two attached hydrogens (primary N) is 1. The molecule has 18 heavy (non-hydrogen) atoms. The van der Waals surface area contributed by atoms with E-state index in [1.807, 2.05) is 0 Å². The summed E-state index contributed by atoms with van der Waals surface area (Å²) in [5.41, 5.74) is 5.00. The first kappa shape index (κ1) is 16.9. The van der Waals surface area contributed by atoms with Crippen molar-refractivity contribution in [2.45, 2.75) is 64.3 Å². The molecule has 106 valence electrons. The molecule has 0 aliphatic carbocycles. The highest BCUT2D eigenvalue weighted by Gasteiger charge is 2.15. The van der Waals surface area contributed by atoms with Crippen LogP contribution in [0.5, 0.6) is 0 Å². The molecule has 0 aromatic rings. The highest BCUT2D eigenvalue weighted by atomic mass is 16.3. The lowest BCUT2D eigenvalue weighted by Gasteiger charge is -2.12. The molecule has 0 saturated heterocycles. The van der Waals surface area contributed by atoms with Gasteiger partial charge >= 0.3 is 0 Å². The molecule has 0 unspecified atom stereocenters. The summed E-state index contributed by atoms with van der Waals surface area (Å²) in [6.45, 7) is 1.73. The molecule has 0 aromatic heterocycles. The lowest BCUT2D eigenvalue weighted by Crippen LogP contribution is -2.46. The Morgan fingerprint density at radius 3 is 2.17 bits per heavy atom. The van der Waals surface area contributed by atoms with Crippen molar-refractivity contribution >= 4 is 11.8 Å². The van der Waals surface area contributed by atoms with Crippen LogP contribution >= 0.6 is 0 Å². The van der Waals surface area contributed by atoms with Crippen LogP contribution in [0, 0.1) is 0 Å². The summed E-state index contributed by atoms with van der Waals surface area (Å²) in [7, 11) is 0. The zero-order chi connectivity index (χ0) is 13.8. The van der Waals surface area contributed by atoms with Crippen LogP contribution in [-0.4, -0.2) is 29.6 Å². The number of hydrogen-bond acceptors (Lipinski definition) is 3. The molecule has 4 N–H and O–H groups in total. The SMILES string of the molecule is CCCCCCCCCC(=O)N[C@@H](CO)C(N)=O. The number of rotatable bonds is 11. The second-order valence-electron chi connectivity index (χ2n) is 4.58. The molecule has 0 spiro atoms. The highest BCUT2D eigenvalue weighted by Crippen LogP contribution is 2.08. The first-order valence-electron chi connectivity index (χ1n) is 6.81. The van der Waals surface area contributed by atoms with Crippen molar-refractivity contribution in [2.75, 3.05) is 6.61 Å². The zero-order valence-corrected chi connectivity index (χ0v) is 11.3. The lowest BCUT2D eigenvalue weighted by molar-refractivity contribution is -0.128. The van der Waals surface area contributed by atoms with E-state index >= 15 is 0 Å². The minimum atomic E-state index is -0.956. The topological polar surface area (TPSA) is 92.4 Å². The molecule has 0 aliphatic rings. The predicted molar refractivity (Wildman–Crippen MR) is 70.8 cm³/mol. The summed E-state index contributed by atoms with van der Waals surface area (Å²) >= 11 is 0. The van der Waals surface area contributed by atoms with E-state index in [4.69, 9.17) is 10.8 Å². The van der Waals surface area contributed by atoms with E-state index in [9.17, 15) is 9.59 Å². The second kappa shape index (κ2) is 11.0. The number of hydrogen-bond donors (Lipinski definition) is 3. The van der Waals surface area contributed by atoms with Crippen molar-refractivity contribution in [3.05, 3.63) is 0 Å². The van der Waals surface area contributed by atoms with Crippen LogP contribution in [0.4, 0.5) is 0 Å². The Hall–Kier alpha value is -1.10. The summed E-state index contributed by atoms with van der Waals surface area (Å²) in [5.74, 6) is -0.924. The van der Waals surface area contributed by atoms with Gasteiger partial charge in [0.15, 0.2) is 0 Å². The fraction of sp³-hybridized carbons (Fsp3) is 0.846. The Morgan fingerprint density at radius 1 is 1.11 bits per heavy atom. The van der Waals surface area contributed by atoms with Crippen molar-refractivity contribution in [2.24, 2.45) is 5.73 Å². The number of carbonyl (C=O) groups excluding carboxylic acids is 2. The summed E-state index contributed by atoms with van der Waals surface area (Å²) in [5, 5.41) is 11.2. The van der Waals surface area contributed by atoms with Gasteiger partial charge in [0.25, 0.3) is 0 Å². The van der Waals surface area contributed by atoms with Crippen LogP contribution in [-0.2, 0) is 9.59 Å². The Kier molecular flexibility index (Phi) is 10.3. The van der Waals surface area contributed by atoms with Crippen LogP contribution in [0.15, 0.2) is 0 Å². The van der Waals surface area contributed by atoms with Gasteiger partial charge in [0.1, 0.15) is 6.04 Å². The number of aliphatic hydroxyl groups is 1. The molecule has 0 radical (unpaired) electrons. The standard InChI is InChI=1S/C13H26N2O3/c1-2-3-4-5-6-7-8-9-12(17)15-11(10-16)13(14)18/h11,16H,2-10H2,1H3,(H2,14,18)(H,15,17)/t11-/m0/s1. The van der Waals surface area contributed by atoms with Gasteiger partial charge < -0.3 is 16.2 Å². The fourth-order valence-corrected chi connectivity index (χ4v) is 1.72. The van der Waals surface area contributed by atoms with Gasteiger partial charge in [-0.2, -0.15) is 0 Å². The maximum absolute atomic E-state index is 11.4. The average molecular weight is 258 g/mol. The van der Waals surface area contributed by atoms with E-state index in [2.05, 4.69) is 12.2 Å². The summed E-state index contributed by atoms with van der Waals surface area (Å²) in [6.07, 6.45) is 8.36. The third-order valence-corrected chi connectivity index (χ3v) is 2.87. The van der Waals surface area contributed by atoms with Crippen LogP contribution in [0.25, 0.3) is 0 Å². The van der Waals surface area contributed by atoms with Crippen LogP contribution in [0.2, 0.25) is 0 Å². The predicted octanol–water partition coefficient (Wildman–Crippen LogP) is 1.09. The van der Waals surface area contributed by atoms with E-state index < -0.39 is 18.6 Å². The van der Waals surface area contributed by atoms with E-state index in [0.717, 1.165) is 19.3 Å². The monoisotopic (exact) mass is 258 g/mol. The third-order valence-electron chi connectivity index (χ3n) is 2.87. The molecule has 5 heteroatoms. The molecule has 1 atom stereocenters. The summed E-state index contributed by atoms with van der Waals surface area (Å²) < 4.78 is 0. The van der Waals surface area contributed by atoms with Crippen LogP contribution in [0.1, 0.15) is 58.3 Å². The maximum Gasteiger partial charge on any atom is 0.242 e. The van der Waals surface area contributed by atoms with Crippen molar-refractivity contribution < 1.29 is 14.7 Å². The van der Waals surface area contributed by atoms with Gasteiger partial charge in [-0.3, -0.25) is 9.59 Å². The molecule has 0 bridgehead atoms. The number of primary amides is 1. The number of unbranched alkanes of at least 4 members (excludes halogenated alkanes) is 6. The van der Waals surface area contributed by atoms with E-state index in [0.29, 0.717) is 6.42 Å². The van der Waals surface area contributed by atoms with Crippen molar-refractivity contribution in [3.63, 3.8) is 0 Å². The number of carbonyl (C=O) groups is 2. The van der Waals surface area contributed by atoms with Gasteiger partial charge in [0, 0.05) is 6.42 Å². The molecule has 2 amide bonds. The summed E-state index contributed by atoms with van der Waals surface area (Å²) in [4.78, 5) is 22.2. The Labute approximate surface area is 109 Å². The van der Waals surface area contributed by atoms with Gasteiger partial charge in [-0.1, -0.05) is 45.4 Å². The van der Waals surface area contributed by atoms with Gasteiger partial charge in [0.2, 0.25) is 11.8 Å². The van der Waals surface area contributed by atoms with E-state index in [1.54, 1.807) is 0 Å². The lowest BCUT2D eigenvalue weighted by atomic mass is 10.1. The number of nitrogens with one attached hydrogen (secondary N) is 1. The molecule has 0 saturated carbocycles. The molecule has 0 rings (SSSR count). The number of amides is 2. The minimum absolute atomic E-state index is 0.221. The Morgan fingerprint density at radius 2 is 1.67 bits per heavy atom. The first-order valence-corrected chi connectivity index (χ1v) is 6.81. The van der Waals surface area contributed by atoms with Crippen molar-refractivity contribution in [3.8, 4) is 0 Å². The fourth-order valence-electron chi connectivity index (χ4n) is 1.72. The highest BCUT2D eigenvalue weighted by molar-refractivity contribution is 5.86. The number of aliphatic hydroxyl groups excluding tert-OH is 1. The van der Waals surface area contributed by atoms with Crippen molar-refractivity contribution in [1.82, 2.24) is 5.32 Å². The maximum atomic E-state index is 11.4. The smallest absolute Gasteiger partial charge is 0.242 e. The second-order valence-corrected chi connectivity index (χ2v) is 4.58. The first-order chi connectivity index (χ1) is 8.61. The van der Waals surface area contributed by atoms with Crippen LogP contribution in [0.3, 0.4) is 0 Å². The molecule has 0 fully saturated rings. The zero-order valence-electron chi connectivity index (χ0n) is 11.3. The Balaban J connectivity index is 3.50. The normalized spacial score (nSPS) is 12.1. The van der Waals surface area contributed by atoms with Gasteiger partial charge in [0.05, 0.1) is 6.61 Å². The van der Waals surface area contributed by atoms with Crippen molar-refractivity contribution in [1.29, 1.82) is 0 Å². The average Bonchev–Trinajstić information content (AvgIpc) is 2.34. The Bertz CT molecular complexity index is 244. The largest absolute Gasteiger partial charge is 0.394 e.